The molecule has 30 heavy (non-hydrogen) atoms. The van der Waals surface area contributed by atoms with Crippen LogP contribution in [0.2, 0.25) is 0 Å². The second-order valence-electron chi connectivity index (χ2n) is 8.02. The molecule has 2 unspecified atom stereocenters. The smallest absolute Gasteiger partial charge is 0.243 e. The van der Waals surface area contributed by atoms with Crippen LogP contribution >= 0.6 is 0 Å². The van der Waals surface area contributed by atoms with Crippen LogP contribution in [0.5, 0.6) is 0 Å². The van der Waals surface area contributed by atoms with Crippen molar-refractivity contribution in [3.05, 3.63) is 114 Å². The van der Waals surface area contributed by atoms with Crippen molar-refractivity contribution in [3.8, 4) is 0 Å². The summed E-state index contributed by atoms with van der Waals surface area (Å²) in [6, 6.07) is 25.2. The first-order valence-corrected chi connectivity index (χ1v) is 10.7. The molecule has 0 aliphatic heterocycles. The maximum Gasteiger partial charge on any atom is 0.243 e. The van der Waals surface area contributed by atoms with Crippen LogP contribution in [0.4, 0.5) is 0 Å². The number of benzene rings is 2. The Hall–Kier alpha value is -3.20. The van der Waals surface area contributed by atoms with Gasteiger partial charge in [-0.15, -0.1) is 0 Å². The van der Waals surface area contributed by atoms with Gasteiger partial charge in [-0.05, 0) is 60.4 Å². The van der Waals surface area contributed by atoms with Gasteiger partial charge >= 0.3 is 0 Å². The summed E-state index contributed by atoms with van der Waals surface area (Å²) in [7, 11) is 0. The van der Waals surface area contributed by atoms with Crippen molar-refractivity contribution >= 4 is 5.91 Å². The zero-order valence-electron chi connectivity index (χ0n) is 17.2. The Balaban J connectivity index is 1.32. The van der Waals surface area contributed by atoms with Crippen LogP contribution in [0.1, 0.15) is 41.9 Å². The Morgan fingerprint density at radius 1 is 1.00 bits per heavy atom. The van der Waals surface area contributed by atoms with Gasteiger partial charge in [-0.3, -0.25) is 9.78 Å². The highest BCUT2D eigenvalue weighted by Crippen LogP contribution is 2.61. The van der Waals surface area contributed by atoms with Gasteiger partial charge in [0.15, 0.2) is 0 Å². The maximum absolute atomic E-state index is 12.4. The van der Waals surface area contributed by atoms with Gasteiger partial charge in [0, 0.05) is 24.4 Å². The molecule has 0 spiro atoms. The van der Waals surface area contributed by atoms with Gasteiger partial charge in [-0.2, -0.15) is 0 Å². The lowest BCUT2D eigenvalue weighted by molar-refractivity contribution is -0.116. The number of nitrogens with one attached hydrogen (secondary N) is 1. The van der Waals surface area contributed by atoms with Crippen LogP contribution in [0, 0.1) is 0 Å². The maximum atomic E-state index is 12.4. The lowest BCUT2D eigenvalue weighted by Gasteiger charge is -2.14. The quantitative estimate of drug-likeness (QED) is 0.399. The molecule has 1 amide bonds. The number of aromatic nitrogens is 1. The van der Waals surface area contributed by atoms with E-state index in [-0.39, 0.29) is 11.3 Å². The topological polar surface area (TPSA) is 42.0 Å². The number of carbonyl (C=O) groups is 1. The van der Waals surface area contributed by atoms with Gasteiger partial charge in [-0.25, -0.2) is 0 Å². The van der Waals surface area contributed by atoms with Crippen molar-refractivity contribution in [1.29, 1.82) is 0 Å². The molecule has 0 saturated heterocycles. The molecule has 1 aromatic heterocycles. The van der Waals surface area contributed by atoms with Crippen molar-refractivity contribution in [2.45, 2.75) is 37.0 Å². The molecule has 0 radical (unpaired) electrons. The second kappa shape index (κ2) is 9.53. The summed E-state index contributed by atoms with van der Waals surface area (Å²) in [5.74, 6) is 0.412. The molecule has 1 aliphatic carbocycles. The number of allylic oxidation sites excluding steroid dienone is 1. The van der Waals surface area contributed by atoms with E-state index in [4.69, 9.17) is 0 Å². The zero-order valence-corrected chi connectivity index (χ0v) is 17.2. The molecule has 4 rings (SSSR count). The van der Waals surface area contributed by atoms with Gasteiger partial charge in [0.25, 0.3) is 0 Å². The molecule has 1 aliphatic rings. The minimum atomic E-state index is -0.0831. The van der Waals surface area contributed by atoms with Crippen LogP contribution in [0.25, 0.3) is 0 Å². The van der Waals surface area contributed by atoms with E-state index in [9.17, 15) is 4.79 Å². The number of aryl methyl sites for hydroxylation is 1. The van der Waals surface area contributed by atoms with Crippen LogP contribution in [0.3, 0.4) is 0 Å². The molecule has 0 bridgehead atoms. The fraction of sp³-hybridized carbons (Fsp3) is 0.259. The molecule has 1 heterocycles. The molecule has 2 aromatic carbocycles. The molecular formula is C27H28N2O. The SMILES string of the molecule is O=C(/C=C/C1(c2ccccc2)CC1c1ccccc1)NCCCCc1cccnc1. The first-order valence-electron chi connectivity index (χ1n) is 10.7. The average Bonchev–Trinajstić information content (AvgIpc) is 3.55. The molecule has 3 nitrogen and oxygen atoms in total. The number of nitrogens with zero attached hydrogens (tertiary/aromatic N) is 1. The summed E-state index contributed by atoms with van der Waals surface area (Å²) in [5.41, 5.74) is 3.77. The van der Waals surface area contributed by atoms with Gasteiger partial charge < -0.3 is 5.32 Å². The second-order valence-corrected chi connectivity index (χ2v) is 8.02. The monoisotopic (exact) mass is 396 g/mol. The lowest BCUT2D eigenvalue weighted by atomic mass is 9.90. The van der Waals surface area contributed by atoms with E-state index < -0.39 is 0 Å². The standard InChI is InChI=1S/C27H28N2O/c30-26(29-19-8-7-10-22-11-9-18-28-21-22)16-17-27(24-14-5-2-6-15-24)20-25(27)23-12-3-1-4-13-23/h1-6,9,11-18,21,25H,7-8,10,19-20H2,(H,29,30)/b17-16+. The number of pyridine rings is 1. The van der Waals surface area contributed by atoms with Crippen LogP contribution < -0.4 is 5.32 Å². The molecule has 3 heteroatoms. The predicted octanol–water partition coefficient (Wildman–Crippen LogP) is 5.20. The summed E-state index contributed by atoms with van der Waals surface area (Å²) in [4.78, 5) is 16.6. The highest BCUT2D eigenvalue weighted by Gasteiger charge is 2.53. The van der Waals surface area contributed by atoms with Gasteiger partial charge in [-0.1, -0.05) is 72.8 Å². The summed E-state index contributed by atoms with van der Waals surface area (Å²) in [5, 5.41) is 3.03. The van der Waals surface area contributed by atoms with E-state index in [0.29, 0.717) is 12.5 Å². The minimum Gasteiger partial charge on any atom is -0.353 e. The Bertz CT molecular complexity index is 970. The third-order valence-electron chi connectivity index (χ3n) is 5.96. The highest BCUT2D eigenvalue weighted by molar-refractivity contribution is 5.88. The van der Waals surface area contributed by atoms with Crippen molar-refractivity contribution < 1.29 is 4.79 Å². The number of unbranched alkanes of at least 4 members (excludes halogenated alkanes) is 1. The van der Waals surface area contributed by atoms with Crippen molar-refractivity contribution in [2.24, 2.45) is 0 Å². The Morgan fingerprint density at radius 3 is 2.50 bits per heavy atom. The van der Waals surface area contributed by atoms with Gasteiger partial charge in [0.2, 0.25) is 5.91 Å². The van der Waals surface area contributed by atoms with E-state index in [1.165, 1.54) is 16.7 Å². The van der Waals surface area contributed by atoms with Crippen molar-refractivity contribution in [2.75, 3.05) is 6.54 Å². The number of carbonyl (C=O) groups excluding carboxylic acids is 1. The first kappa shape index (κ1) is 20.1. The highest BCUT2D eigenvalue weighted by atomic mass is 16.1. The average molecular weight is 397 g/mol. The Labute approximate surface area is 178 Å². The number of hydrogen-bond donors (Lipinski definition) is 1. The van der Waals surface area contributed by atoms with Crippen molar-refractivity contribution in [1.82, 2.24) is 10.3 Å². The van der Waals surface area contributed by atoms with Crippen LogP contribution in [-0.2, 0) is 16.6 Å². The summed E-state index contributed by atoms with van der Waals surface area (Å²) in [6.07, 6.45) is 11.6. The molecule has 152 valence electrons. The predicted molar refractivity (Wildman–Crippen MR) is 121 cm³/mol. The lowest BCUT2D eigenvalue weighted by Crippen LogP contribution is -2.22. The number of amides is 1. The largest absolute Gasteiger partial charge is 0.353 e. The minimum absolute atomic E-state index is 0.00889. The van der Waals surface area contributed by atoms with Crippen LogP contribution in [-0.4, -0.2) is 17.4 Å². The molecule has 1 fully saturated rings. The summed E-state index contributed by atoms with van der Waals surface area (Å²) >= 11 is 0. The third-order valence-corrected chi connectivity index (χ3v) is 5.96. The Kier molecular flexibility index (Phi) is 6.38. The van der Waals surface area contributed by atoms with Gasteiger partial charge in [0.1, 0.15) is 0 Å². The van der Waals surface area contributed by atoms with Gasteiger partial charge in [0.05, 0.1) is 0 Å². The summed E-state index contributed by atoms with van der Waals surface area (Å²) in [6.45, 7) is 0.698. The van der Waals surface area contributed by atoms with Crippen LogP contribution in [0.15, 0.2) is 97.3 Å². The molecule has 1 saturated carbocycles. The van der Waals surface area contributed by atoms with E-state index >= 15 is 0 Å². The van der Waals surface area contributed by atoms with Crippen molar-refractivity contribution in [3.63, 3.8) is 0 Å². The molecule has 2 atom stereocenters. The molecule has 3 aromatic rings. The van der Waals surface area contributed by atoms with E-state index in [2.05, 4.69) is 71.0 Å². The van der Waals surface area contributed by atoms with E-state index in [0.717, 1.165) is 25.7 Å². The van der Waals surface area contributed by atoms with E-state index in [1.807, 2.05) is 24.4 Å². The third kappa shape index (κ3) is 4.85. The van der Waals surface area contributed by atoms with E-state index in [1.54, 1.807) is 12.3 Å². The fourth-order valence-corrected chi connectivity index (χ4v) is 4.22. The normalized spacial score (nSPS) is 20.2. The zero-order chi connectivity index (χ0) is 20.7. The number of rotatable bonds is 9. The Morgan fingerprint density at radius 2 is 1.77 bits per heavy atom. The fourth-order valence-electron chi connectivity index (χ4n) is 4.22. The molecular weight excluding hydrogens is 368 g/mol. The molecule has 1 N–H and O–H groups in total. The number of hydrogen-bond acceptors (Lipinski definition) is 2. The summed E-state index contributed by atoms with van der Waals surface area (Å²) < 4.78 is 0. The first-order chi connectivity index (χ1) is 14.8.